The molecule has 2 aromatic rings. The monoisotopic (exact) mass is 464 g/mol. The molecule has 0 saturated heterocycles. The van der Waals surface area contributed by atoms with Crippen molar-refractivity contribution in [2.45, 2.75) is 25.9 Å². The van der Waals surface area contributed by atoms with E-state index >= 15 is 0 Å². The molecule has 1 heterocycles. The molecular weight excluding hydrogens is 436 g/mol. The molecule has 0 unspecified atom stereocenters. The fraction of sp³-hybridized carbons (Fsp3) is 0.409. The molecule has 9 nitrogen and oxygen atoms in total. The normalized spacial score (nSPS) is 14.8. The molecule has 1 aliphatic heterocycles. The van der Waals surface area contributed by atoms with Gasteiger partial charge in [-0.2, -0.15) is 0 Å². The molecule has 1 aliphatic rings. The molecule has 2 atom stereocenters. The number of nitrogens with one attached hydrogen (secondary N) is 1. The predicted molar refractivity (Wildman–Crippen MR) is 120 cm³/mol. The van der Waals surface area contributed by atoms with Gasteiger partial charge in [0.15, 0.2) is 11.5 Å². The molecule has 0 fully saturated rings. The Bertz CT molecular complexity index is 1090. The zero-order valence-corrected chi connectivity index (χ0v) is 19.6. The molecule has 32 heavy (non-hydrogen) atoms. The minimum atomic E-state index is -3.83. The van der Waals surface area contributed by atoms with Crippen LogP contribution in [0.1, 0.15) is 25.5 Å². The van der Waals surface area contributed by atoms with E-state index in [1.165, 1.54) is 27.2 Å². The van der Waals surface area contributed by atoms with Gasteiger partial charge < -0.3 is 24.3 Å². The molecule has 0 bridgehead atoms. The Kier molecular flexibility index (Phi) is 7.02. The summed E-state index contributed by atoms with van der Waals surface area (Å²) in [6, 6.07) is 8.76. The Labute approximate surface area is 188 Å². The van der Waals surface area contributed by atoms with Crippen molar-refractivity contribution in [3.05, 3.63) is 42.0 Å². The maximum atomic E-state index is 13.1. The molecular formula is C22H28N2O7S. The van der Waals surface area contributed by atoms with Crippen molar-refractivity contribution in [2.24, 2.45) is 0 Å². The van der Waals surface area contributed by atoms with Crippen LogP contribution < -0.4 is 28.6 Å². The fourth-order valence-electron chi connectivity index (χ4n) is 3.50. The lowest BCUT2D eigenvalue weighted by atomic mass is 10.1. The first-order valence-electron chi connectivity index (χ1n) is 10.1. The number of fused-ring (bicyclic) bond motifs is 1. The summed E-state index contributed by atoms with van der Waals surface area (Å²) >= 11 is 0. The van der Waals surface area contributed by atoms with Crippen LogP contribution in [0.4, 0.5) is 5.69 Å². The van der Waals surface area contributed by atoms with E-state index in [1.54, 1.807) is 18.2 Å². The van der Waals surface area contributed by atoms with Gasteiger partial charge in [0.1, 0.15) is 30.8 Å². The van der Waals surface area contributed by atoms with Crippen LogP contribution in [0.2, 0.25) is 0 Å². The maximum absolute atomic E-state index is 13.1. The van der Waals surface area contributed by atoms with Gasteiger partial charge in [0.2, 0.25) is 15.9 Å². The van der Waals surface area contributed by atoms with Crippen LogP contribution in [0, 0.1) is 0 Å². The highest BCUT2D eigenvalue weighted by molar-refractivity contribution is 7.92. The second-order valence-corrected chi connectivity index (χ2v) is 9.27. The summed E-state index contributed by atoms with van der Waals surface area (Å²) in [6.07, 6.45) is 1.04. The molecule has 0 radical (unpaired) electrons. The second kappa shape index (κ2) is 9.56. The van der Waals surface area contributed by atoms with Crippen LogP contribution in [0.3, 0.4) is 0 Å². The third kappa shape index (κ3) is 5.01. The first-order valence-corrected chi connectivity index (χ1v) is 11.9. The summed E-state index contributed by atoms with van der Waals surface area (Å²) in [7, 11) is -0.927. The Balaban J connectivity index is 1.86. The Morgan fingerprint density at radius 1 is 1.03 bits per heavy atom. The van der Waals surface area contributed by atoms with Gasteiger partial charge >= 0.3 is 0 Å². The van der Waals surface area contributed by atoms with Gasteiger partial charge in [0, 0.05) is 6.07 Å². The molecule has 1 amide bonds. The van der Waals surface area contributed by atoms with E-state index in [0.717, 1.165) is 16.1 Å². The number of carbonyl (C=O) groups is 1. The second-order valence-electron chi connectivity index (χ2n) is 7.41. The van der Waals surface area contributed by atoms with E-state index in [-0.39, 0.29) is 5.69 Å². The van der Waals surface area contributed by atoms with E-state index in [4.69, 9.17) is 18.9 Å². The molecule has 0 aliphatic carbocycles. The highest BCUT2D eigenvalue weighted by Gasteiger charge is 2.32. The Morgan fingerprint density at radius 3 is 2.34 bits per heavy atom. The van der Waals surface area contributed by atoms with Gasteiger partial charge in [0.05, 0.1) is 32.2 Å². The third-order valence-electron chi connectivity index (χ3n) is 5.14. The summed E-state index contributed by atoms with van der Waals surface area (Å²) in [5.41, 5.74) is 1.02. The predicted octanol–water partition coefficient (Wildman–Crippen LogP) is 2.51. The van der Waals surface area contributed by atoms with E-state index < -0.39 is 28.0 Å². The Morgan fingerprint density at radius 2 is 1.72 bits per heavy atom. The van der Waals surface area contributed by atoms with Crippen LogP contribution in [0.25, 0.3) is 0 Å². The lowest BCUT2D eigenvalue weighted by molar-refractivity contribution is -0.122. The minimum absolute atomic E-state index is 0.212. The topological polar surface area (TPSA) is 103 Å². The number of rotatable bonds is 8. The van der Waals surface area contributed by atoms with Crippen molar-refractivity contribution < 1.29 is 32.2 Å². The quantitative estimate of drug-likeness (QED) is 0.640. The zero-order chi connectivity index (χ0) is 23.5. The molecule has 0 saturated carbocycles. The number of anilines is 1. The van der Waals surface area contributed by atoms with Crippen molar-refractivity contribution in [1.29, 1.82) is 0 Å². The molecule has 2 aromatic carbocycles. The van der Waals surface area contributed by atoms with Gasteiger partial charge in [0.25, 0.3) is 0 Å². The molecule has 3 rings (SSSR count). The average molecular weight is 465 g/mol. The highest BCUT2D eigenvalue weighted by atomic mass is 32.2. The highest BCUT2D eigenvalue weighted by Crippen LogP contribution is 2.36. The van der Waals surface area contributed by atoms with E-state index in [0.29, 0.717) is 36.2 Å². The number of carbonyl (C=O) groups excluding carboxylic acids is 1. The lowest BCUT2D eigenvalue weighted by Crippen LogP contribution is -2.48. The smallest absolute Gasteiger partial charge is 0.244 e. The van der Waals surface area contributed by atoms with Crippen molar-refractivity contribution in [3.8, 4) is 23.0 Å². The van der Waals surface area contributed by atoms with Gasteiger partial charge in [-0.25, -0.2) is 8.42 Å². The maximum Gasteiger partial charge on any atom is 0.244 e. The number of amides is 1. The number of sulfonamides is 1. The van der Waals surface area contributed by atoms with Gasteiger partial charge in [-0.15, -0.1) is 0 Å². The van der Waals surface area contributed by atoms with Gasteiger partial charge in [-0.05, 0) is 43.7 Å². The van der Waals surface area contributed by atoms with Crippen molar-refractivity contribution in [1.82, 2.24) is 5.32 Å². The molecule has 0 aromatic heterocycles. The first kappa shape index (κ1) is 23.5. The summed E-state index contributed by atoms with van der Waals surface area (Å²) in [4.78, 5) is 13.1. The van der Waals surface area contributed by atoms with Crippen LogP contribution in [-0.4, -0.2) is 54.1 Å². The minimum Gasteiger partial charge on any atom is -0.497 e. The van der Waals surface area contributed by atoms with E-state index in [9.17, 15) is 13.2 Å². The average Bonchev–Trinajstić information content (AvgIpc) is 2.77. The van der Waals surface area contributed by atoms with E-state index in [2.05, 4.69) is 5.32 Å². The molecule has 1 N–H and O–H groups in total. The lowest BCUT2D eigenvalue weighted by Gasteiger charge is -2.30. The van der Waals surface area contributed by atoms with Crippen LogP contribution in [-0.2, 0) is 14.8 Å². The van der Waals surface area contributed by atoms with Crippen molar-refractivity contribution in [2.75, 3.05) is 38.0 Å². The standard InChI is InChI=1S/C22H28N2O7S/c1-14(16-6-8-20-21(12-16)31-11-10-30-20)23-22(25)15(2)24(32(5,26)27)18-13-17(28-3)7-9-19(18)29-4/h6-9,12-15H,10-11H2,1-5H3,(H,23,25)/t14-,15+/m1/s1. The summed E-state index contributed by atoms with van der Waals surface area (Å²) in [6.45, 7) is 4.28. The van der Waals surface area contributed by atoms with Gasteiger partial charge in [-0.1, -0.05) is 6.07 Å². The number of ether oxygens (including phenoxy) is 4. The van der Waals surface area contributed by atoms with Crippen LogP contribution >= 0.6 is 0 Å². The summed E-state index contributed by atoms with van der Waals surface area (Å²) in [5.74, 6) is 1.53. The fourth-order valence-corrected chi connectivity index (χ4v) is 4.67. The zero-order valence-electron chi connectivity index (χ0n) is 18.7. The van der Waals surface area contributed by atoms with Crippen LogP contribution in [0.15, 0.2) is 36.4 Å². The third-order valence-corrected chi connectivity index (χ3v) is 6.36. The SMILES string of the molecule is COc1ccc(OC)c(N([C@@H](C)C(=O)N[C@H](C)c2ccc3c(c2)OCCO3)S(C)(=O)=O)c1. The number of methoxy groups -OCH3 is 2. The van der Waals surface area contributed by atoms with Crippen molar-refractivity contribution in [3.63, 3.8) is 0 Å². The molecule has 0 spiro atoms. The summed E-state index contributed by atoms with van der Waals surface area (Å²) < 4.78 is 48.1. The van der Waals surface area contributed by atoms with Gasteiger partial charge in [-0.3, -0.25) is 9.10 Å². The number of benzene rings is 2. The molecule has 174 valence electrons. The molecule has 10 heteroatoms. The summed E-state index contributed by atoms with van der Waals surface area (Å²) in [5, 5.41) is 2.88. The Hall–Kier alpha value is -3.14. The van der Waals surface area contributed by atoms with Crippen LogP contribution in [0.5, 0.6) is 23.0 Å². The van der Waals surface area contributed by atoms with Crippen molar-refractivity contribution >= 4 is 21.6 Å². The number of hydrogen-bond acceptors (Lipinski definition) is 7. The largest absolute Gasteiger partial charge is 0.497 e. The number of hydrogen-bond donors (Lipinski definition) is 1. The van der Waals surface area contributed by atoms with E-state index in [1.807, 2.05) is 19.1 Å². The first-order chi connectivity index (χ1) is 15.2. The number of nitrogens with zero attached hydrogens (tertiary/aromatic N) is 1.